The molecule has 0 saturated heterocycles. The van der Waals surface area contributed by atoms with Crippen molar-refractivity contribution in [3.05, 3.63) is 23.8 Å². The topological polar surface area (TPSA) is 170 Å². The smallest absolute Gasteiger partial charge is 0.480 e. The van der Waals surface area contributed by atoms with Crippen molar-refractivity contribution in [2.24, 2.45) is 11.7 Å². The molecule has 1 rings (SSSR count). The second-order valence-electron chi connectivity index (χ2n) is 7.54. The molecular formula is C23H33NO11. The second-order valence-corrected chi connectivity index (χ2v) is 7.54. The van der Waals surface area contributed by atoms with Crippen molar-refractivity contribution in [2.45, 2.75) is 59.1 Å². The van der Waals surface area contributed by atoms with Crippen molar-refractivity contribution in [2.75, 3.05) is 19.8 Å². The number of rotatable bonds is 12. The Morgan fingerprint density at radius 1 is 0.886 bits per heavy atom. The van der Waals surface area contributed by atoms with E-state index in [2.05, 4.69) is 0 Å². The summed E-state index contributed by atoms with van der Waals surface area (Å²) >= 11 is 0. The highest BCUT2D eigenvalue weighted by Gasteiger charge is 2.33. The normalized spacial score (nSPS) is 14.0. The molecule has 0 aliphatic heterocycles. The number of ether oxygens (including phenoxy) is 6. The number of carbonyl (C=O) groups excluding carboxylic acids is 3. The van der Waals surface area contributed by atoms with Gasteiger partial charge < -0.3 is 39.3 Å². The molecule has 12 heteroatoms. The van der Waals surface area contributed by atoms with Gasteiger partial charge in [0, 0.05) is 5.92 Å². The van der Waals surface area contributed by atoms with Gasteiger partial charge in [-0.3, -0.25) is 4.79 Å². The lowest BCUT2D eigenvalue weighted by Gasteiger charge is -2.28. The van der Waals surface area contributed by atoms with Crippen molar-refractivity contribution < 1.29 is 52.7 Å². The number of nitrogens with two attached hydrogens (primary N) is 1. The van der Waals surface area contributed by atoms with Crippen LogP contribution in [0.4, 0.5) is 14.4 Å². The minimum atomic E-state index is -1.41. The SMILES string of the molecule is CCOC(=O)Oc1ccc(C(C(C)COC(=O)OC(C)CC)[C@H](N)C(=O)O)cc1OC(=O)OCC. The first kappa shape index (κ1) is 29.5. The number of carboxylic acids is 1. The Bertz CT molecular complexity index is 873. The van der Waals surface area contributed by atoms with Crippen molar-refractivity contribution in [3.8, 4) is 11.5 Å². The summed E-state index contributed by atoms with van der Waals surface area (Å²) in [6.45, 7) is 8.23. The van der Waals surface area contributed by atoms with Gasteiger partial charge in [0.1, 0.15) is 12.1 Å². The summed E-state index contributed by atoms with van der Waals surface area (Å²) in [7, 11) is 0. The van der Waals surface area contributed by atoms with E-state index in [9.17, 15) is 24.3 Å². The van der Waals surface area contributed by atoms with Crippen LogP contribution < -0.4 is 15.2 Å². The van der Waals surface area contributed by atoms with Crippen LogP contribution in [0, 0.1) is 5.92 Å². The van der Waals surface area contributed by atoms with Crippen molar-refractivity contribution in [1.29, 1.82) is 0 Å². The zero-order valence-corrected chi connectivity index (χ0v) is 20.5. The first-order valence-corrected chi connectivity index (χ1v) is 11.2. The molecule has 0 fully saturated rings. The molecule has 12 nitrogen and oxygen atoms in total. The predicted molar refractivity (Wildman–Crippen MR) is 121 cm³/mol. The number of carbonyl (C=O) groups is 4. The van der Waals surface area contributed by atoms with Crippen molar-refractivity contribution in [1.82, 2.24) is 0 Å². The number of hydrogen-bond donors (Lipinski definition) is 2. The maximum Gasteiger partial charge on any atom is 0.513 e. The standard InChI is InChI=1S/C23H33NO11/c1-6-14(5)33-23(29)32-12-13(4)18(19(24)20(25)26)15-9-10-16(34-21(27)30-7-2)17(11-15)35-22(28)31-8-3/h9-11,13-14,18-19H,6-8,12,24H2,1-5H3,(H,25,26)/t13?,14?,18?,19-/m0/s1. The monoisotopic (exact) mass is 499 g/mol. The minimum Gasteiger partial charge on any atom is -0.480 e. The molecule has 0 amide bonds. The van der Waals surface area contributed by atoms with E-state index in [1.165, 1.54) is 18.2 Å². The Kier molecular flexibility index (Phi) is 12.4. The molecule has 0 saturated carbocycles. The molecule has 3 N–H and O–H groups in total. The van der Waals surface area contributed by atoms with Crippen molar-refractivity contribution >= 4 is 24.4 Å². The summed E-state index contributed by atoms with van der Waals surface area (Å²) in [6, 6.07) is 2.64. The van der Waals surface area contributed by atoms with E-state index in [1.54, 1.807) is 27.7 Å². The lowest BCUT2D eigenvalue weighted by molar-refractivity contribution is -0.139. The third-order valence-electron chi connectivity index (χ3n) is 4.89. The number of aliphatic carboxylic acids is 1. The molecule has 3 unspecified atom stereocenters. The molecule has 0 spiro atoms. The Morgan fingerprint density at radius 2 is 1.46 bits per heavy atom. The Morgan fingerprint density at radius 3 is 1.97 bits per heavy atom. The van der Waals surface area contributed by atoms with Crippen LogP contribution in [0.2, 0.25) is 0 Å². The fraction of sp³-hybridized carbons (Fsp3) is 0.565. The largest absolute Gasteiger partial charge is 0.513 e. The van der Waals surface area contributed by atoms with Crippen LogP contribution >= 0.6 is 0 Å². The van der Waals surface area contributed by atoms with Crippen LogP contribution in [0.15, 0.2) is 18.2 Å². The summed E-state index contributed by atoms with van der Waals surface area (Å²) in [5.74, 6) is -3.18. The molecule has 0 aromatic heterocycles. The third kappa shape index (κ3) is 9.69. The van der Waals surface area contributed by atoms with Gasteiger partial charge in [-0.05, 0) is 50.8 Å². The van der Waals surface area contributed by atoms with Gasteiger partial charge in [0.25, 0.3) is 0 Å². The Balaban J connectivity index is 3.27. The van der Waals surface area contributed by atoms with E-state index in [0.717, 1.165) is 0 Å². The second kappa shape index (κ2) is 14.7. The molecule has 0 heterocycles. The molecular weight excluding hydrogens is 466 g/mol. The molecule has 0 aliphatic carbocycles. The molecule has 0 aliphatic rings. The van der Waals surface area contributed by atoms with Gasteiger partial charge in [0.15, 0.2) is 11.5 Å². The number of hydrogen-bond acceptors (Lipinski definition) is 11. The van der Waals surface area contributed by atoms with Gasteiger partial charge >= 0.3 is 24.4 Å². The highest BCUT2D eigenvalue weighted by molar-refractivity contribution is 5.75. The summed E-state index contributed by atoms with van der Waals surface area (Å²) in [5, 5.41) is 9.56. The van der Waals surface area contributed by atoms with E-state index in [1.807, 2.05) is 6.92 Å². The van der Waals surface area contributed by atoms with Gasteiger partial charge in [-0.15, -0.1) is 0 Å². The minimum absolute atomic E-state index is 0.0280. The van der Waals surface area contributed by atoms with E-state index >= 15 is 0 Å². The summed E-state index contributed by atoms with van der Waals surface area (Å²) in [6.07, 6.45) is -2.74. The molecule has 4 atom stereocenters. The van der Waals surface area contributed by atoms with Gasteiger partial charge in [-0.25, -0.2) is 14.4 Å². The van der Waals surface area contributed by atoms with E-state index in [0.29, 0.717) is 12.0 Å². The van der Waals surface area contributed by atoms with Gasteiger partial charge in [-0.1, -0.05) is 19.9 Å². The first-order valence-electron chi connectivity index (χ1n) is 11.2. The Hall–Kier alpha value is -3.54. The van der Waals surface area contributed by atoms with Crippen LogP contribution in [0.25, 0.3) is 0 Å². The zero-order valence-electron chi connectivity index (χ0n) is 20.5. The third-order valence-corrected chi connectivity index (χ3v) is 4.89. The lowest BCUT2D eigenvalue weighted by Crippen LogP contribution is -2.40. The fourth-order valence-electron chi connectivity index (χ4n) is 3.00. The molecule has 196 valence electrons. The van der Waals surface area contributed by atoms with E-state index in [-0.39, 0.29) is 37.4 Å². The van der Waals surface area contributed by atoms with Gasteiger partial charge in [0.05, 0.1) is 19.8 Å². The highest BCUT2D eigenvalue weighted by Crippen LogP contribution is 2.36. The summed E-state index contributed by atoms with van der Waals surface area (Å²) in [5.41, 5.74) is 6.27. The first-order chi connectivity index (χ1) is 16.5. The number of benzene rings is 1. The van der Waals surface area contributed by atoms with E-state index < -0.39 is 42.3 Å². The summed E-state index contributed by atoms with van der Waals surface area (Å²) < 4.78 is 29.9. The van der Waals surface area contributed by atoms with Gasteiger partial charge in [0.2, 0.25) is 0 Å². The van der Waals surface area contributed by atoms with Crippen LogP contribution in [0.5, 0.6) is 11.5 Å². The molecule has 35 heavy (non-hydrogen) atoms. The molecule has 1 aromatic carbocycles. The average Bonchev–Trinajstić information content (AvgIpc) is 2.79. The fourth-order valence-corrected chi connectivity index (χ4v) is 3.00. The molecule has 0 radical (unpaired) electrons. The molecule has 0 bridgehead atoms. The number of carboxylic acid groups (broad SMARTS) is 1. The van der Waals surface area contributed by atoms with Crippen LogP contribution in [-0.4, -0.2) is 61.5 Å². The summed E-state index contributed by atoms with van der Waals surface area (Å²) in [4.78, 5) is 47.3. The zero-order chi connectivity index (χ0) is 26.5. The van der Waals surface area contributed by atoms with Crippen LogP contribution in [0.1, 0.15) is 52.5 Å². The average molecular weight is 500 g/mol. The van der Waals surface area contributed by atoms with Crippen LogP contribution in [0.3, 0.4) is 0 Å². The van der Waals surface area contributed by atoms with Gasteiger partial charge in [-0.2, -0.15) is 0 Å². The predicted octanol–water partition coefficient (Wildman–Crippen LogP) is 3.84. The maximum atomic E-state index is 11.9. The van der Waals surface area contributed by atoms with Crippen LogP contribution in [-0.2, 0) is 23.7 Å². The van der Waals surface area contributed by atoms with Crippen molar-refractivity contribution in [3.63, 3.8) is 0 Å². The highest BCUT2D eigenvalue weighted by atomic mass is 16.7. The maximum absolute atomic E-state index is 11.9. The lowest BCUT2D eigenvalue weighted by atomic mass is 9.82. The molecule has 1 aromatic rings. The quantitative estimate of drug-likeness (QED) is 0.242. The Labute approximate surface area is 203 Å². The van der Waals surface area contributed by atoms with E-state index in [4.69, 9.17) is 34.2 Å².